The van der Waals surface area contributed by atoms with Crippen LogP contribution in [0.3, 0.4) is 0 Å². The molecule has 0 saturated carbocycles. The summed E-state index contributed by atoms with van der Waals surface area (Å²) in [5, 5.41) is 13.6. The van der Waals surface area contributed by atoms with Gasteiger partial charge in [0.15, 0.2) is 0 Å². The molecule has 0 spiro atoms. The first-order valence-corrected chi connectivity index (χ1v) is 5.25. The summed E-state index contributed by atoms with van der Waals surface area (Å²) in [7, 11) is 0. The zero-order valence-corrected chi connectivity index (χ0v) is 9.99. The summed E-state index contributed by atoms with van der Waals surface area (Å²) < 4.78 is 0.938. The molecular weight excluding hydrogens is 243 g/mol. The van der Waals surface area contributed by atoms with Gasteiger partial charge in [0.2, 0.25) is 0 Å². The number of nitrogens with zero attached hydrogens (tertiary/aromatic N) is 1. The van der Waals surface area contributed by atoms with Crippen LogP contribution in [0.25, 0.3) is 0 Å². The summed E-state index contributed by atoms with van der Waals surface area (Å²) in [6, 6.07) is 5.16. The normalized spacial score (nSPS) is 9.50. The van der Waals surface area contributed by atoms with E-state index in [0.717, 1.165) is 4.35 Å². The van der Waals surface area contributed by atoms with Gasteiger partial charge in [0.1, 0.15) is 0 Å². The Hall–Kier alpha value is -1.28. The summed E-state index contributed by atoms with van der Waals surface area (Å²) in [5.41, 5.74) is 0.657. The summed E-state index contributed by atoms with van der Waals surface area (Å²) in [5.74, 6) is 0. The van der Waals surface area contributed by atoms with Crippen molar-refractivity contribution in [3.05, 3.63) is 41.0 Å². The topological polar surface area (TPSA) is 55.2 Å². The Morgan fingerprint density at radius 2 is 2.36 bits per heavy atom. The van der Waals surface area contributed by atoms with Crippen LogP contribution in [0.2, 0.25) is 0 Å². The zero-order chi connectivity index (χ0) is 10.6. The summed E-state index contributed by atoms with van der Waals surface area (Å²) >= 11 is 1.37. The molecule has 0 radical (unpaired) electrons. The van der Waals surface area contributed by atoms with Gasteiger partial charge in [-0.2, -0.15) is 0 Å². The second kappa shape index (κ2) is 4.82. The van der Waals surface area contributed by atoms with E-state index in [4.69, 9.17) is 0 Å². The molecule has 1 aromatic rings. The van der Waals surface area contributed by atoms with Gasteiger partial charge in [-0.1, -0.05) is 0 Å². The molecule has 1 rings (SSSR count). The van der Waals surface area contributed by atoms with Crippen LogP contribution in [0.1, 0.15) is 0 Å². The third kappa shape index (κ3) is 2.60. The Morgan fingerprint density at radius 3 is 2.93 bits per heavy atom. The van der Waals surface area contributed by atoms with E-state index in [0.29, 0.717) is 12.2 Å². The maximum atomic E-state index is 10.7. The van der Waals surface area contributed by atoms with Crippen molar-refractivity contribution in [1.29, 1.82) is 0 Å². The van der Waals surface area contributed by atoms with Crippen LogP contribution in [-0.2, 0) is 0 Å². The predicted molar refractivity (Wildman–Crippen MR) is 60.0 cm³/mol. The van der Waals surface area contributed by atoms with Crippen LogP contribution in [0.5, 0.6) is 0 Å². The molecule has 1 aromatic carbocycles. The molecule has 0 aromatic heterocycles. The number of nitro benzene ring substituents is 1. The Bertz CT molecular complexity index is 366. The van der Waals surface area contributed by atoms with Crippen molar-refractivity contribution in [1.82, 2.24) is 0 Å². The van der Waals surface area contributed by atoms with E-state index in [9.17, 15) is 10.1 Å². The quantitative estimate of drug-likeness (QED) is 0.367. The van der Waals surface area contributed by atoms with Crippen LogP contribution in [-0.4, -0.2) is 28.3 Å². The summed E-state index contributed by atoms with van der Waals surface area (Å²) in [6.07, 6.45) is 1.66. The third-order valence-corrected chi connectivity index (χ3v) is 2.41. The average Bonchev–Trinajstić information content (AvgIpc) is 2.15. The van der Waals surface area contributed by atoms with Crippen molar-refractivity contribution in [2.45, 2.75) is 0 Å². The molecule has 0 aliphatic carbocycles. The zero-order valence-electron chi connectivity index (χ0n) is 7.56. The second-order valence-electron chi connectivity index (χ2n) is 2.70. The molecule has 1 unspecified atom stereocenters. The average molecular weight is 254 g/mol. The number of hydrogen-bond acceptors (Lipinski definition) is 3. The molecule has 4 nitrogen and oxygen atoms in total. The standard InChI is InChI=1S/C9H11AsN2O2/c1-2-5-11-8-4-3-7(10)6-9(8)12(13)14/h2-4,6,11H,1,5,10H2. The molecule has 5 heteroatoms. The molecule has 0 saturated heterocycles. The predicted octanol–water partition coefficient (Wildman–Crippen LogP) is 0.451. The SMILES string of the molecule is C=CCNc1ccc([AsH2])cc1[N+](=O)[O-]. The third-order valence-electron chi connectivity index (χ3n) is 1.66. The minimum absolute atomic E-state index is 0.119. The molecule has 1 N–H and O–H groups in total. The van der Waals surface area contributed by atoms with Crippen molar-refractivity contribution < 1.29 is 4.92 Å². The van der Waals surface area contributed by atoms with Gasteiger partial charge in [-0.25, -0.2) is 0 Å². The van der Waals surface area contributed by atoms with Crippen molar-refractivity contribution in [2.75, 3.05) is 11.9 Å². The maximum absolute atomic E-state index is 10.7. The van der Waals surface area contributed by atoms with E-state index in [1.807, 2.05) is 6.07 Å². The molecule has 14 heavy (non-hydrogen) atoms. The van der Waals surface area contributed by atoms with Crippen LogP contribution in [0.4, 0.5) is 11.4 Å². The fraction of sp³-hybridized carbons (Fsp3) is 0.111. The van der Waals surface area contributed by atoms with E-state index in [1.165, 1.54) is 16.9 Å². The van der Waals surface area contributed by atoms with Gasteiger partial charge in [-0.3, -0.25) is 0 Å². The molecular formula is C9H11AsN2O2. The number of nitro groups is 1. The fourth-order valence-electron chi connectivity index (χ4n) is 1.03. The first-order valence-electron chi connectivity index (χ1n) is 4.04. The van der Waals surface area contributed by atoms with E-state index in [-0.39, 0.29) is 10.6 Å². The molecule has 1 atom stereocenters. The Kier molecular flexibility index (Phi) is 3.71. The van der Waals surface area contributed by atoms with Crippen LogP contribution in [0, 0.1) is 10.1 Å². The minimum atomic E-state index is -0.380. The number of hydrogen-bond donors (Lipinski definition) is 1. The number of nitrogens with one attached hydrogen (secondary N) is 1. The second-order valence-corrected chi connectivity index (χ2v) is 4.10. The van der Waals surface area contributed by atoms with Crippen LogP contribution < -0.4 is 9.67 Å². The van der Waals surface area contributed by atoms with Crippen molar-refractivity contribution in [3.63, 3.8) is 0 Å². The van der Waals surface area contributed by atoms with E-state index in [2.05, 4.69) is 11.9 Å². The summed E-state index contributed by atoms with van der Waals surface area (Å²) in [6.45, 7) is 4.06. The first-order chi connectivity index (χ1) is 6.65. The van der Waals surface area contributed by atoms with Gasteiger partial charge < -0.3 is 0 Å². The molecule has 0 fully saturated rings. The van der Waals surface area contributed by atoms with Crippen molar-refractivity contribution >= 4 is 32.6 Å². The molecule has 0 amide bonds. The fourth-order valence-corrected chi connectivity index (χ4v) is 1.56. The van der Waals surface area contributed by atoms with Crippen LogP contribution >= 0.6 is 0 Å². The van der Waals surface area contributed by atoms with Gasteiger partial charge in [0.05, 0.1) is 0 Å². The molecule has 0 heterocycles. The van der Waals surface area contributed by atoms with Crippen LogP contribution in [0.15, 0.2) is 30.9 Å². The monoisotopic (exact) mass is 254 g/mol. The molecule has 0 aliphatic rings. The molecule has 0 aliphatic heterocycles. The van der Waals surface area contributed by atoms with Gasteiger partial charge in [-0.15, -0.1) is 0 Å². The molecule has 74 valence electrons. The Morgan fingerprint density at radius 1 is 1.64 bits per heavy atom. The van der Waals surface area contributed by atoms with Crippen molar-refractivity contribution in [2.24, 2.45) is 0 Å². The first kappa shape index (κ1) is 10.8. The van der Waals surface area contributed by atoms with E-state index in [1.54, 1.807) is 18.2 Å². The summed E-state index contributed by atoms with van der Waals surface area (Å²) in [4.78, 5) is 10.3. The van der Waals surface area contributed by atoms with Gasteiger partial charge in [-0.05, 0) is 0 Å². The van der Waals surface area contributed by atoms with E-state index < -0.39 is 0 Å². The number of anilines is 1. The van der Waals surface area contributed by atoms with Gasteiger partial charge >= 0.3 is 90.3 Å². The Labute approximate surface area is 90.7 Å². The van der Waals surface area contributed by atoms with Gasteiger partial charge in [0.25, 0.3) is 0 Å². The number of benzene rings is 1. The Balaban J connectivity index is 3.01. The number of rotatable bonds is 4. The molecule has 0 bridgehead atoms. The van der Waals surface area contributed by atoms with Gasteiger partial charge in [0, 0.05) is 0 Å². The van der Waals surface area contributed by atoms with Crippen molar-refractivity contribution in [3.8, 4) is 0 Å². The van der Waals surface area contributed by atoms with E-state index >= 15 is 0 Å².